The van der Waals surface area contributed by atoms with Crippen LogP contribution in [0.1, 0.15) is 32.3 Å². The van der Waals surface area contributed by atoms with Crippen molar-refractivity contribution in [1.29, 1.82) is 0 Å². The first-order valence-electron chi connectivity index (χ1n) is 7.92. The zero-order valence-electron chi connectivity index (χ0n) is 13.2. The summed E-state index contributed by atoms with van der Waals surface area (Å²) in [7, 11) is 0. The molecule has 1 aromatic rings. The summed E-state index contributed by atoms with van der Waals surface area (Å²) < 4.78 is 5.65. The van der Waals surface area contributed by atoms with E-state index >= 15 is 0 Å². The molecule has 0 bridgehead atoms. The molecule has 3 N–H and O–H groups in total. The van der Waals surface area contributed by atoms with Crippen molar-refractivity contribution in [1.82, 2.24) is 4.90 Å². The number of nitrogens with zero attached hydrogens (tertiary/aromatic N) is 1. The summed E-state index contributed by atoms with van der Waals surface area (Å²) in [6, 6.07) is 8.17. The molecule has 0 saturated heterocycles. The van der Waals surface area contributed by atoms with Crippen molar-refractivity contribution in [3.05, 3.63) is 29.8 Å². The molecule has 0 radical (unpaired) electrons. The Bertz CT molecular complexity index is 415. The van der Waals surface area contributed by atoms with Gasteiger partial charge in [-0.1, -0.05) is 12.1 Å². The quantitative estimate of drug-likeness (QED) is 0.731. The fourth-order valence-corrected chi connectivity index (χ4v) is 2.37. The van der Waals surface area contributed by atoms with Crippen LogP contribution in [-0.4, -0.2) is 41.8 Å². The van der Waals surface area contributed by atoms with Crippen LogP contribution in [-0.2, 0) is 6.54 Å². The molecule has 1 aromatic carbocycles. The summed E-state index contributed by atoms with van der Waals surface area (Å²) in [5, 5.41) is 10.2. The molecule has 1 aliphatic carbocycles. The fourth-order valence-electron chi connectivity index (χ4n) is 2.37. The van der Waals surface area contributed by atoms with Gasteiger partial charge in [0.15, 0.2) is 0 Å². The molecule has 0 aliphatic heterocycles. The van der Waals surface area contributed by atoms with Gasteiger partial charge in [-0.05, 0) is 50.3 Å². The van der Waals surface area contributed by atoms with Crippen molar-refractivity contribution in [3.63, 3.8) is 0 Å². The summed E-state index contributed by atoms with van der Waals surface area (Å²) >= 11 is 0. The molecule has 0 aromatic heterocycles. The Morgan fingerprint density at radius 2 is 1.95 bits per heavy atom. The van der Waals surface area contributed by atoms with Gasteiger partial charge in [0.25, 0.3) is 0 Å². The molecule has 2 rings (SSSR count). The molecule has 1 unspecified atom stereocenters. The van der Waals surface area contributed by atoms with Gasteiger partial charge in [0, 0.05) is 25.7 Å². The zero-order chi connectivity index (χ0) is 15.2. The second-order valence-corrected chi connectivity index (χ2v) is 6.30. The lowest BCUT2D eigenvalue weighted by Crippen LogP contribution is -2.40. The highest BCUT2D eigenvalue weighted by molar-refractivity contribution is 5.27. The molecule has 0 heterocycles. The van der Waals surface area contributed by atoms with E-state index in [2.05, 4.69) is 18.7 Å². The Morgan fingerprint density at radius 1 is 1.29 bits per heavy atom. The molecule has 1 saturated carbocycles. The van der Waals surface area contributed by atoms with Gasteiger partial charge in [-0.2, -0.15) is 0 Å². The minimum atomic E-state index is -0.458. The molecule has 4 heteroatoms. The van der Waals surface area contributed by atoms with E-state index < -0.39 is 6.10 Å². The van der Waals surface area contributed by atoms with E-state index in [1.807, 2.05) is 24.3 Å². The summed E-state index contributed by atoms with van der Waals surface area (Å²) in [4.78, 5) is 2.35. The molecule has 4 nitrogen and oxygen atoms in total. The fraction of sp³-hybridized carbons (Fsp3) is 0.647. The summed E-state index contributed by atoms with van der Waals surface area (Å²) in [5.41, 5.74) is 6.65. The average Bonchev–Trinajstić information content (AvgIpc) is 3.29. The van der Waals surface area contributed by atoms with Crippen LogP contribution in [0.25, 0.3) is 0 Å². The Morgan fingerprint density at radius 3 is 2.48 bits per heavy atom. The first-order chi connectivity index (χ1) is 10.1. The molecular weight excluding hydrogens is 264 g/mol. The molecule has 1 fully saturated rings. The van der Waals surface area contributed by atoms with Gasteiger partial charge in [0.1, 0.15) is 18.5 Å². The highest BCUT2D eigenvalue weighted by atomic mass is 16.5. The molecule has 0 amide bonds. The van der Waals surface area contributed by atoms with Crippen LogP contribution in [0.2, 0.25) is 0 Å². The SMILES string of the molecule is CC(C)N(CC(O)COc1ccc(CN)cc1)CC1CC1. The van der Waals surface area contributed by atoms with E-state index in [1.165, 1.54) is 12.8 Å². The predicted octanol–water partition coefficient (Wildman–Crippen LogP) is 2.01. The summed E-state index contributed by atoms with van der Waals surface area (Å²) in [6.45, 7) is 7.00. The van der Waals surface area contributed by atoms with Gasteiger partial charge >= 0.3 is 0 Å². The lowest BCUT2D eigenvalue weighted by Gasteiger charge is -2.28. The molecule has 21 heavy (non-hydrogen) atoms. The Labute approximate surface area is 127 Å². The average molecular weight is 292 g/mol. The maximum atomic E-state index is 10.2. The third-order valence-corrected chi connectivity index (χ3v) is 3.97. The first-order valence-corrected chi connectivity index (χ1v) is 7.92. The second-order valence-electron chi connectivity index (χ2n) is 6.30. The van der Waals surface area contributed by atoms with E-state index in [9.17, 15) is 5.11 Å². The monoisotopic (exact) mass is 292 g/mol. The first kappa shape index (κ1) is 16.3. The van der Waals surface area contributed by atoms with Gasteiger partial charge in [-0.25, -0.2) is 0 Å². The number of benzene rings is 1. The lowest BCUT2D eigenvalue weighted by atomic mass is 10.2. The zero-order valence-corrected chi connectivity index (χ0v) is 13.2. The van der Waals surface area contributed by atoms with Crippen molar-refractivity contribution >= 4 is 0 Å². The van der Waals surface area contributed by atoms with Gasteiger partial charge in [-0.3, -0.25) is 4.90 Å². The van der Waals surface area contributed by atoms with Crippen LogP contribution in [0, 0.1) is 5.92 Å². The number of rotatable bonds is 9. The number of hydrogen-bond donors (Lipinski definition) is 2. The van der Waals surface area contributed by atoms with Crippen LogP contribution in [0.4, 0.5) is 0 Å². The van der Waals surface area contributed by atoms with E-state index in [4.69, 9.17) is 10.5 Å². The number of ether oxygens (including phenoxy) is 1. The largest absolute Gasteiger partial charge is 0.491 e. The number of nitrogens with two attached hydrogens (primary N) is 1. The smallest absolute Gasteiger partial charge is 0.119 e. The van der Waals surface area contributed by atoms with E-state index in [1.54, 1.807) is 0 Å². The van der Waals surface area contributed by atoms with Crippen LogP contribution < -0.4 is 10.5 Å². The minimum Gasteiger partial charge on any atom is -0.491 e. The molecule has 1 aliphatic rings. The maximum Gasteiger partial charge on any atom is 0.119 e. The standard InChI is InChI=1S/C17H28N2O2/c1-13(2)19(10-15-3-4-15)11-16(20)12-21-17-7-5-14(9-18)6-8-17/h5-8,13,15-16,20H,3-4,9-12,18H2,1-2H3. The van der Waals surface area contributed by atoms with Gasteiger partial charge < -0.3 is 15.6 Å². The van der Waals surface area contributed by atoms with E-state index in [0.717, 1.165) is 23.8 Å². The Hall–Kier alpha value is -1.10. The maximum absolute atomic E-state index is 10.2. The Kier molecular flexibility index (Phi) is 6.03. The van der Waals surface area contributed by atoms with Crippen molar-refractivity contribution < 1.29 is 9.84 Å². The van der Waals surface area contributed by atoms with Crippen LogP contribution >= 0.6 is 0 Å². The normalized spacial score (nSPS) is 16.5. The molecule has 1 atom stereocenters. The van der Waals surface area contributed by atoms with Crippen molar-refractivity contribution in [2.75, 3.05) is 19.7 Å². The molecule has 118 valence electrons. The number of hydrogen-bond acceptors (Lipinski definition) is 4. The van der Waals surface area contributed by atoms with Crippen molar-refractivity contribution in [2.24, 2.45) is 11.7 Å². The predicted molar refractivity (Wildman–Crippen MR) is 85.3 cm³/mol. The van der Waals surface area contributed by atoms with Crippen LogP contribution in [0.3, 0.4) is 0 Å². The van der Waals surface area contributed by atoms with Crippen molar-refractivity contribution in [3.8, 4) is 5.75 Å². The van der Waals surface area contributed by atoms with Gasteiger partial charge in [0.05, 0.1) is 0 Å². The summed E-state index contributed by atoms with van der Waals surface area (Å²) in [6.07, 6.45) is 2.22. The number of aliphatic hydroxyl groups excluding tert-OH is 1. The second kappa shape index (κ2) is 7.78. The lowest BCUT2D eigenvalue weighted by molar-refractivity contribution is 0.0556. The van der Waals surface area contributed by atoms with Crippen LogP contribution in [0.15, 0.2) is 24.3 Å². The number of aliphatic hydroxyl groups is 1. The third-order valence-electron chi connectivity index (χ3n) is 3.97. The van der Waals surface area contributed by atoms with Crippen molar-refractivity contribution in [2.45, 2.75) is 45.4 Å². The Balaban J connectivity index is 1.75. The highest BCUT2D eigenvalue weighted by Gasteiger charge is 2.26. The minimum absolute atomic E-state index is 0.329. The third kappa shape index (κ3) is 5.65. The molecular formula is C17H28N2O2. The van der Waals surface area contributed by atoms with E-state index in [-0.39, 0.29) is 0 Å². The van der Waals surface area contributed by atoms with Crippen LogP contribution in [0.5, 0.6) is 5.75 Å². The van der Waals surface area contributed by atoms with Gasteiger partial charge in [-0.15, -0.1) is 0 Å². The van der Waals surface area contributed by atoms with Gasteiger partial charge in [0.2, 0.25) is 0 Å². The topological polar surface area (TPSA) is 58.7 Å². The highest BCUT2D eigenvalue weighted by Crippen LogP contribution is 2.30. The van der Waals surface area contributed by atoms with E-state index in [0.29, 0.717) is 25.7 Å². The molecule has 0 spiro atoms. The summed E-state index contributed by atoms with van der Waals surface area (Å²) in [5.74, 6) is 1.62.